The van der Waals surface area contributed by atoms with E-state index < -0.39 is 17.9 Å². The number of benzene rings is 2. The lowest BCUT2D eigenvalue weighted by molar-refractivity contribution is -0.122. The number of aromatic nitrogens is 1. The number of carbonyl (C=O) groups excluding carboxylic acids is 2. The first-order valence-electron chi connectivity index (χ1n) is 10.2. The molecular formula is C23H24ClN4O6S-. The van der Waals surface area contributed by atoms with Crippen LogP contribution in [0.15, 0.2) is 36.5 Å². The van der Waals surface area contributed by atoms with Crippen molar-refractivity contribution in [1.29, 1.82) is 0 Å². The minimum atomic E-state index is -1.14. The number of hydrogen-bond acceptors (Lipinski definition) is 8. The monoisotopic (exact) mass is 519 g/mol. The van der Waals surface area contributed by atoms with Crippen molar-refractivity contribution >= 4 is 40.8 Å². The molecule has 0 bridgehead atoms. The lowest BCUT2D eigenvalue weighted by Crippen LogP contribution is -2.30. The van der Waals surface area contributed by atoms with Crippen LogP contribution in [0.2, 0.25) is 0 Å². The van der Waals surface area contributed by atoms with Crippen LogP contribution in [0.3, 0.4) is 0 Å². The minimum Gasteiger partial charge on any atom is -0.564 e. The van der Waals surface area contributed by atoms with E-state index in [1.54, 1.807) is 32.5 Å². The number of nitrogens with one attached hydrogen (secondary N) is 1. The van der Waals surface area contributed by atoms with E-state index in [9.17, 15) is 9.59 Å². The van der Waals surface area contributed by atoms with Gasteiger partial charge in [0.2, 0.25) is 17.6 Å². The zero-order chi connectivity index (χ0) is 25.5. The lowest BCUT2D eigenvalue weighted by atomic mass is 10.0. The topological polar surface area (TPSA) is 136 Å². The Kier molecular flexibility index (Phi) is 8.74. The molecule has 3 aromatic rings. The summed E-state index contributed by atoms with van der Waals surface area (Å²) >= 11 is 6.80. The van der Waals surface area contributed by atoms with Crippen LogP contribution in [0.25, 0.3) is 26.4 Å². The van der Waals surface area contributed by atoms with Crippen molar-refractivity contribution in [2.75, 3.05) is 33.8 Å². The van der Waals surface area contributed by atoms with E-state index in [0.717, 1.165) is 21.6 Å². The zero-order valence-electron chi connectivity index (χ0n) is 19.5. The fraction of sp³-hybridized carbons (Fsp3) is 0.261. The van der Waals surface area contributed by atoms with Crippen molar-refractivity contribution in [3.8, 4) is 44.6 Å². The van der Waals surface area contributed by atoms with Crippen LogP contribution < -0.4 is 30.0 Å². The summed E-state index contributed by atoms with van der Waals surface area (Å²) in [4.78, 5) is 28.1. The first-order valence-corrected chi connectivity index (χ1v) is 11.3. The molecule has 35 heavy (non-hydrogen) atoms. The number of rotatable bonds is 11. The highest BCUT2D eigenvalue weighted by atomic mass is 35.5. The smallest absolute Gasteiger partial charge is 0.216 e. The molecule has 1 heterocycles. The van der Waals surface area contributed by atoms with Crippen molar-refractivity contribution < 1.29 is 28.5 Å². The van der Waals surface area contributed by atoms with E-state index in [0.29, 0.717) is 28.7 Å². The molecule has 3 N–H and O–H groups in total. The highest BCUT2D eigenvalue weighted by Crippen LogP contribution is 2.45. The first kappa shape index (κ1) is 26.1. The van der Waals surface area contributed by atoms with Crippen LogP contribution in [-0.4, -0.2) is 50.7 Å². The van der Waals surface area contributed by atoms with E-state index in [-0.39, 0.29) is 6.42 Å². The summed E-state index contributed by atoms with van der Waals surface area (Å²) in [6.45, 7) is 0. The second-order valence-corrected chi connectivity index (χ2v) is 8.17. The van der Waals surface area contributed by atoms with Gasteiger partial charge in [0.1, 0.15) is 5.75 Å². The van der Waals surface area contributed by atoms with Crippen molar-refractivity contribution in [2.45, 2.75) is 12.5 Å². The van der Waals surface area contributed by atoms with Gasteiger partial charge >= 0.3 is 0 Å². The Bertz CT molecular complexity index is 1190. The third kappa shape index (κ3) is 5.76. The molecule has 0 aliphatic carbocycles. The Balaban J connectivity index is 2.03. The molecule has 0 saturated heterocycles. The van der Waals surface area contributed by atoms with Gasteiger partial charge in [0, 0.05) is 23.7 Å². The second kappa shape index (κ2) is 11.7. The maximum absolute atomic E-state index is 12.6. The minimum absolute atomic E-state index is 0.322. The average molecular weight is 520 g/mol. The van der Waals surface area contributed by atoms with Crippen LogP contribution in [-0.2, 0) is 9.59 Å². The Labute approximate surface area is 211 Å². The van der Waals surface area contributed by atoms with Crippen LogP contribution in [0.4, 0.5) is 5.69 Å². The second-order valence-electron chi connectivity index (χ2n) is 7.17. The summed E-state index contributed by atoms with van der Waals surface area (Å²) in [5.41, 5.74) is 7.92. The molecule has 10 nitrogen and oxygen atoms in total. The zero-order valence-corrected chi connectivity index (χ0v) is 21.0. The van der Waals surface area contributed by atoms with E-state index in [1.807, 2.05) is 18.2 Å². The predicted molar refractivity (Wildman–Crippen MR) is 135 cm³/mol. The lowest BCUT2D eigenvalue weighted by Gasteiger charge is -2.24. The molecule has 1 aromatic heterocycles. The molecule has 1 atom stereocenters. The quantitative estimate of drug-likeness (QED) is 0.387. The molecule has 186 valence electrons. The first-order chi connectivity index (χ1) is 16.9. The summed E-state index contributed by atoms with van der Waals surface area (Å²) in [7, 11) is 6.11. The Morgan fingerprint density at radius 2 is 1.69 bits per heavy atom. The largest absolute Gasteiger partial charge is 0.564 e. The standard InChI is InChI=1S/C23H24ClN4O6S/c1-31-17-6-5-12(7-15(17)27-23(30)16(28-24)10-20(25)29)14-11-26-35-22(14)13-8-18(32-2)21(34-4)19(9-13)33-3/h5-9,11,16H,10H2,1-4H3,(H2,25,29)(H,27,30)/q-1/t16-/m0/s1. The van der Waals surface area contributed by atoms with Crippen LogP contribution in [0.1, 0.15) is 6.42 Å². The van der Waals surface area contributed by atoms with Crippen LogP contribution in [0, 0.1) is 0 Å². The highest BCUT2D eigenvalue weighted by molar-refractivity contribution is 7.10. The fourth-order valence-corrected chi connectivity index (χ4v) is 4.33. The molecule has 2 amide bonds. The molecule has 12 heteroatoms. The average Bonchev–Trinajstić information content (AvgIpc) is 3.36. The number of nitrogens with two attached hydrogens (primary N) is 1. The number of ether oxygens (including phenoxy) is 4. The van der Waals surface area contributed by atoms with Crippen molar-refractivity contribution in [3.63, 3.8) is 0 Å². The number of anilines is 1. The summed E-state index contributed by atoms with van der Waals surface area (Å²) in [5, 5.41) is 2.71. The Morgan fingerprint density at radius 1 is 1.03 bits per heavy atom. The van der Waals surface area contributed by atoms with E-state index in [4.69, 9.17) is 36.5 Å². The normalized spacial score (nSPS) is 11.5. The van der Waals surface area contributed by atoms with Gasteiger partial charge in [-0.15, -0.1) is 0 Å². The van der Waals surface area contributed by atoms with Gasteiger partial charge in [0.15, 0.2) is 11.5 Å². The number of hydrogen-bond donors (Lipinski definition) is 2. The van der Waals surface area contributed by atoms with Crippen molar-refractivity contribution in [3.05, 3.63) is 41.4 Å². The fourth-order valence-electron chi connectivity index (χ4n) is 3.42. The molecule has 0 radical (unpaired) electrons. The summed E-state index contributed by atoms with van der Waals surface area (Å²) < 4.78 is 26.1. The molecule has 0 fully saturated rings. The van der Waals surface area contributed by atoms with E-state index in [1.165, 1.54) is 25.8 Å². The number of amides is 2. The number of carbonyl (C=O) groups is 2. The van der Waals surface area contributed by atoms with E-state index >= 15 is 0 Å². The number of halogens is 1. The SMILES string of the molecule is COc1ccc(-c2cnsc2-c2cc(OC)c(OC)c(OC)c2)cc1NC(=O)[C@H](CC(N)=O)[N-]Cl. The molecule has 0 aliphatic rings. The third-order valence-corrected chi connectivity index (χ3v) is 6.17. The van der Waals surface area contributed by atoms with Gasteiger partial charge < -0.3 is 34.8 Å². The van der Waals surface area contributed by atoms with Gasteiger partial charge in [0.05, 0.1) is 39.0 Å². The number of primary amides is 1. The van der Waals surface area contributed by atoms with Gasteiger partial charge in [-0.25, -0.2) is 0 Å². The Morgan fingerprint density at radius 3 is 2.23 bits per heavy atom. The third-order valence-electron chi connectivity index (χ3n) is 5.08. The summed E-state index contributed by atoms with van der Waals surface area (Å²) in [5.74, 6) is 0.613. The predicted octanol–water partition coefficient (Wildman–Crippen LogP) is 4.22. The summed E-state index contributed by atoms with van der Waals surface area (Å²) in [6, 6.07) is 7.81. The molecule has 0 aliphatic heterocycles. The maximum Gasteiger partial charge on any atom is 0.216 e. The van der Waals surface area contributed by atoms with Gasteiger partial charge in [-0.05, 0) is 47.4 Å². The molecular weight excluding hydrogens is 496 g/mol. The van der Waals surface area contributed by atoms with Crippen LogP contribution in [0.5, 0.6) is 23.0 Å². The van der Waals surface area contributed by atoms with Gasteiger partial charge in [-0.1, -0.05) is 6.07 Å². The highest BCUT2D eigenvalue weighted by Gasteiger charge is 2.20. The van der Waals surface area contributed by atoms with Gasteiger partial charge in [-0.2, -0.15) is 4.37 Å². The molecule has 0 saturated carbocycles. The van der Waals surface area contributed by atoms with Crippen molar-refractivity contribution in [1.82, 2.24) is 4.37 Å². The number of nitrogens with zero attached hydrogens (tertiary/aromatic N) is 2. The maximum atomic E-state index is 12.6. The molecule has 0 spiro atoms. The van der Waals surface area contributed by atoms with Crippen molar-refractivity contribution in [2.24, 2.45) is 5.73 Å². The van der Waals surface area contributed by atoms with Crippen LogP contribution >= 0.6 is 23.3 Å². The van der Waals surface area contributed by atoms with Gasteiger partial charge in [0.25, 0.3) is 0 Å². The number of methoxy groups -OCH3 is 4. The summed E-state index contributed by atoms with van der Waals surface area (Å²) in [6.07, 6.45) is 1.40. The molecule has 3 rings (SSSR count). The van der Waals surface area contributed by atoms with E-state index in [2.05, 4.69) is 14.5 Å². The van der Waals surface area contributed by atoms with Gasteiger partial charge in [-0.3, -0.25) is 21.4 Å². The molecule has 0 unspecified atom stereocenters. The Hall–Kier alpha value is -3.54. The molecule has 2 aromatic carbocycles.